The number of carbonyl (C=O) groups is 1. The Labute approximate surface area is 208 Å². The summed E-state index contributed by atoms with van der Waals surface area (Å²) in [4.78, 5) is 11.8. The number of aryl methyl sites for hydroxylation is 1. The van der Waals surface area contributed by atoms with Crippen molar-refractivity contribution in [1.82, 2.24) is 0 Å². The molecule has 0 unspecified atom stereocenters. The number of carbonyl (C=O) groups excluding carboxylic acids is 1. The lowest BCUT2D eigenvalue weighted by atomic mass is 9.96. The highest BCUT2D eigenvalue weighted by molar-refractivity contribution is 5.69. The third-order valence-electron chi connectivity index (χ3n) is 5.73. The zero-order chi connectivity index (χ0) is 24.7. The second-order valence-corrected chi connectivity index (χ2v) is 8.44. The summed E-state index contributed by atoms with van der Waals surface area (Å²) in [6.45, 7) is 3.87. The Morgan fingerprint density at radius 3 is 2.31 bits per heavy atom. The van der Waals surface area contributed by atoms with E-state index in [1.54, 1.807) is 0 Å². The first-order chi connectivity index (χ1) is 17.2. The normalized spacial score (nSPS) is 11.7. The van der Waals surface area contributed by atoms with Gasteiger partial charge in [-0.15, -0.1) is 0 Å². The smallest absolute Gasteiger partial charge is 0.306 e. The molecular formula is C30H36O5. The first-order valence-corrected chi connectivity index (χ1v) is 12.4. The number of hydrogen-bond acceptors (Lipinski definition) is 5. The van der Waals surface area contributed by atoms with Crippen LogP contribution in [-0.2, 0) is 33.5 Å². The van der Waals surface area contributed by atoms with E-state index < -0.39 is 6.10 Å². The third kappa shape index (κ3) is 9.19. The highest BCUT2D eigenvalue weighted by atomic mass is 16.5. The van der Waals surface area contributed by atoms with Gasteiger partial charge in [-0.2, -0.15) is 0 Å². The van der Waals surface area contributed by atoms with Crippen LogP contribution in [0.1, 0.15) is 48.1 Å². The Balaban J connectivity index is 1.41. The number of hydrogen-bond donors (Lipinski definition) is 1. The van der Waals surface area contributed by atoms with E-state index in [1.165, 1.54) is 0 Å². The summed E-state index contributed by atoms with van der Waals surface area (Å²) in [6, 6.07) is 25.8. The van der Waals surface area contributed by atoms with Gasteiger partial charge in [0.15, 0.2) is 0 Å². The van der Waals surface area contributed by atoms with Gasteiger partial charge in [-0.1, -0.05) is 79.7 Å². The summed E-state index contributed by atoms with van der Waals surface area (Å²) >= 11 is 0. The van der Waals surface area contributed by atoms with E-state index in [0.29, 0.717) is 45.7 Å². The highest BCUT2D eigenvalue weighted by Gasteiger charge is 2.13. The van der Waals surface area contributed by atoms with Crippen molar-refractivity contribution in [2.75, 3.05) is 26.4 Å². The Kier molecular flexibility index (Phi) is 11.3. The number of aliphatic hydroxyl groups is 1. The van der Waals surface area contributed by atoms with Gasteiger partial charge >= 0.3 is 5.97 Å². The minimum Gasteiger partial charge on any atom is -0.491 e. The van der Waals surface area contributed by atoms with Crippen LogP contribution in [0.15, 0.2) is 78.9 Å². The van der Waals surface area contributed by atoms with Crippen molar-refractivity contribution < 1.29 is 24.1 Å². The molecule has 35 heavy (non-hydrogen) atoms. The molecule has 0 aliphatic carbocycles. The number of para-hydroxylation sites is 1. The van der Waals surface area contributed by atoms with Crippen LogP contribution in [0.4, 0.5) is 0 Å². The van der Waals surface area contributed by atoms with E-state index in [1.807, 2.05) is 85.8 Å². The van der Waals surface area contributed by atoms with Crippen molar-refractivity contribution in [2.45, 2.75) is 45.1 Å². The second kappa shape index (κ2) is 15.0. The minimum absolute atomic E-state index is 0.181. The summed E-state index contributed by atoms with van der Waals surface area (Å²) in [5.74, 6) is 0.591. The zero-order valence-corrected chi connectivity index (χ0v) is 20.5. The van der Waals surface area contributed by atoms with E-state index in [9.17, 15) is 9.90 Å². The average Bonchev–Trinajstić information content (AvgIpc) is 2.89. The van der Waals surface area contributed by atoms with Gasteiger partial charge < -0.3 is 19.3 Å². The average molecular weight is 477 g/mol. The molecular weight excluding hydrogens is 440 g/mol. The van der Waals surface area contributed by atoms with Gasteiger partial charge in [-0.25, -0.2) is 0 Å². The summed E-state index contributed by atoms with van der Waals surface area (Å²) in [6.07, 6.45) is 2.51. The molecule has 0 fully saturated rings. The van der Waals surface area contributed by atoms with Gasteiger partial charge in [0.1, 0.15) is 12.4 Å². The number of rotatable bonds is 15. The maximum absolute atomic E-state index is 11.8. The summed E-state index contributed by atoms with van der Waals surface area (Å²) in [7, 11) is 0. The van der Waals surface area contributed by atoms with Crippen LogP contribution in [0.5, 0.6) is 5.75 Å². The molecule has 1 N–H and O–H groups in total. The van der Waals surface area contributed by atoms with Gasteiger partial charge in [0.05, 0.1) is 25.9 Å². The standard InChI is InChI=1S/C30H36O5/c1-2-19-35-30(32)17-16-26-13-7-9-15-29(26)34-22-21-33-20-18-25-12-6-8-14-27(25)28(31)23-24-10-4-3-5-11-24/h3-15,28,31H,2,16-23H2,1H3/t28-/m0/s1. The first-order valence-electron chi connectivity index (χ1n) is 12.4. The SMILES string of the molecule is CCCOC(=O)CCc1ccccc1OCCOCCc1ccccc1[C@@H](O)Cc1ccccc1. The van der Waals surface area contributed by atoms with E-state index in [0.717, 1.165) is 40.8 Å². The Morgan fingerprint density at radius 2 is 1.51 bits per heavy atom. The van der Waals surface area contributed by atoms with Gasteiger partial charge in [0, 0.05) is 12.8 Å². The van der Waals surface area contributed by atoms with E-state index in [-0.39, 0.29) is 5.97 Å². The molecule has 3 aromatic carbocycles. The zero-order valence-electron chi connectivity index (χ0n) is 20.5. The summed E-state index contributed by atoms with van der Waals surface area (Å²) in [5, 5.41) is 10.8. The molecule has 0 saturated carbocycles. The summed E-state index contributed by atoms with van der Waals surface area (Å²) < 4.78 is 16.9. The van der Waals surface area contributed by atoms with Crippen LogP contribution in [0, 0.1) is 0 Å². The fourth-order valence-corrected chi connectivity index (χ4v) is 3.90. The molecule has 0 bridgehead atoms. The third-order valence-corrected chi connectivity index (χ3v) is 5.73. The Hall–Kier alpha value is -3.15. The predicted molar refractivity (Wildman–Crippen MR) is 138 cm³/mol. The van der Waals surface area contributed by atoms with Crippen LogP contribution < -0.4 is 4.74 Å². The van der Waals surface area contributed by atoms with Crippen molar-refractivity contribution in [3.05, 3.63) is 101 Å². The Bertz CT molecular complexity index is 1020. The van der Waals surface area contributed by atoms with Crippen LogP contribution in [-0.4, -0.2) is 37.5 Å². The first kappa shape index (κ1) is 26.5. The van der Waals surface area contributed by atoms with Crippen molar-refractivity contribution in [2.24, 2.45) is 0 Å². The predicted octanol–water partition coefficient (Wildman–Crippen LogP) is 5.49. The van der Waals surface area contributed by atoms with Crippen molar-refractivity contribution in [3.63, 3.8) is 0 Å². The Morgan fingerprint density at radius 1 is 0.800 bits per heavy atom. The molecule has 0 spiro atoms. The second-order valence-electron chi connectivity index (χ2n) is 8.44. The fourth-order valence-electron chi connectivity index (χ4n) is 3.90. The molecule has 1 atom stereocenters. The molecule has 0 aliphatic rings. The largest absolute Gasteiger partial charge is 0.491 e. The molecule has 0 aromatic heterocycles. The van der Waals surface area contributed by atoms with E-state index in [4.69, 9.17) is 14.2 Å². The van der Waals surface area contributed by atoms with E-state index in [2.05, 4.69) is 0 Å². The van der Waals surface area contributed by atoms with E-state index >= 15 is 0 Å². The minimum atomic E-state index is -0.548. The number of aliphatic hydroxyl groups excluding tert-OH is 1. The molecule has 0 aliphatic heterocycles. The molecule has 5 heteroatoms. The lowest BCUT2D eigenvalue weighted by Gasteiger charge is -2.16. The van der Waals surface area contributed by atoms with Crippen LogP contribution >= 0.6 is 0 Å². The van der Waals surface area contributed by atoms with Crippen molar-refractivity contribution >= 4 is 5.97 Å². The van der Waals surface area contributed by atoms with Crippen LogP contribution in [0.3, 0.4) is 0 Å². The van der Waals surface area contributed by atoms with Gasteiger partial charge in [0.2, 0.25) is 0 Å². The molecule has 186 valence electrons. The number of ether oxygens (including phenoxy) is 3. The molecule has 0 amide bonds. The topological polar surface area (TPSA) is 65.0 Å². The number of benzene rings is 3. The highest BCUT2D eigenvalue weighted by Crippen LogP contribution is 2.23. The number of esters is 1. The lowest BCUT2D eigenvalue weighted by molar-refractivity contribution is -0.143. The maximum Gasteiger partial charge on any atom is 0.306 e. The molecule has 0 radical (unpaired) electrons. The van der Waals surface area contributed by atoms with Crippen molar-refractivity contribution in [1.29, 1.82) is 0 Å². The lowest BCUT2D eigenvalue weighted by Crippen LogP contribution is -2.12. The molecule has 0 saturated heterocycles. The molecule has 0 heterocycles. The van der Waals surface area contributed by atoms with Gasteiger partial charge in [0.25, 0.3) is 0 Å². The fraction of sp³-hybridized carbons (Fsp3) is 0.367. The van der Waals surface area contributed by atoms with Crippen LogP contribution in [0.25, 0.3) is 0 Å². The molecule has 5 nitrogen and oxygen atoms in total. The quantitative estimate of drug-likeness (QED) is 0.232. The molecule has 3 aromatic rings. The van der Waals surface area contributed by atoms with Gasteiger partial charge in [-0.3, -0.25) is 4.79 Å². The summed E-state index contributed by atoms with van der Waals surface area (Å²) in [5.41, 5.74) is 4.14. The van der Waals surface area contributed by atoms with Gasteiger partial charge in [-0.05, 0) is 47.6 Å². The maximum atomic E-state index is 11.8. The monoisotopic (exact) mass is 476 g/mol. The van der Waals surface area contributed by atoms with Crippen LogP contribution in [0.2, 0.25) is 0 Å². The molecule has 3 rings (SSSR count). The van der Waals surface area contributed by atoms with Crippen molar-refractivity contribution in [3.8, 4) is 5.75 Å².